The summed E-state index contributed by atoms with van der Waals surface area (Å²) in [5, 5.41) is 4.44. The molecular formula is C16H14BN5O. The predicted octanol–water partition coefficient (Wildman–Crippen LogP) is 0.481. The average molecular weight is 303 g/mol. The zero-order chi connectivity index (χ0) is 16.6. The Kier molecular flexibility index (Phi) is 3.76. The minimum Gasteiger partial charge on any atom is -0.352 e. The quantitative estimate of drug-likeness (QED) is 0.524. The van der Waals surface area contributed by atoms with Crippen LogP contribution in [0.5, 0.6) is 0 Å². The Morgan fingerprint density at radius 3 is 2.78 bits per heavy atom. The number of nitrogens with zero attached hydrogens (tertiary/aromatic N) is 4. The summed E-state index contributed by atoms with van der Waals surface area (Å²) in [6, 6.07) is 4.87. The first-order valence-corrected chi connectivity index (χ1v) is 7.04. The van der Waals surface area contributed by atoms with E-state index in [2.05, 4.69) is 21.9 Å². The molecule has 2 aromatic heterocycles. The highest BCUT2D eigenvalue weighted by molar-refractivity contribution is 6.07. The molecule has 0 aliphatic carbocycles. The molecule has 0 aliphatic heterocycles. The second kappa shape index (κ2) is 5.74. The second-order valence-electron chi connectivity index (χ2n) is 5.29. The molecule has 3 aromatic rings. The molecule has 1 aromatic carbocycles. The lowest BCUT2D eigenvalue weighted by atomic mass is 10.1. The standard InChI is InChI=1S/C16H14BN5O/c1-10(18)15-20-13-5-3-4-12(14(13)16(23)22(15)17)7-6-11-8-19-21(2)9-11/h3-5,8-10H,18H2,1-2H3/t10-/m0/s1. The third kappa shape index (κ3) is 2.76. The second-order valence-corrected chi connectivity index (χ2v) is 5.29. The lowest BCUT2D eigenvalue weighted by Crippen LogP contribution is -2.28. The van der Waals surface area contributed by atoms with E-state index >= 15 is 0 Å². The Morgan fingerprint density at radius 1 is 1.35 bits per heavy atom. The molecule has 0 spiro atoms. The van der Waals surface area contributed by atoms with Crippen LogP contribution in [-0.4, -0.2) is 27.2 Å². The van der Waals surface area contributed by atoms with E-state index in [-0.39, 0.29) is 5.56 Å². The molecule has 0 aliphatic rings. The highest BCUT2D eigenvalue weighted by atomic mass is 16.1. The fourth-order valence-electron chi connectivity index (χ4n) is 2.31. The molecule has 23 heavy (non-hydrogen) atoms. The monoisotopic (exact) mass is 303 g/mol. The zero-order valence-electron chi connectivity index (χ0n) is 12.8. The minimum atomic E-state index is -0.442. The number of rotatable bonds is 1. The Morgan fingerprint density at radius 2 is 2.13 bits per heavy atom. The van der Waals surface area contributed by atoms with Crippen molar-refractivity contribution >= 4 is 18.9 Å². The summed E-state index contributed by atoms with van der Waals surface area (Å²) in [5.74, 6) is 6.31. The van der Waals surface area contributed by atoms with Crippen molar-refractivity contribution in [3.63, 3.8) is 0 Å². The van der Waals surface area contributed by atoms with Crippen molar-refractivity contribution in [1.29, 1.82) is 0 Å². The predicted molar refractivity (Wildman–Crippen MR) is 88.9 cm³/mol. The number of fused-ring (bicyclic) bond motifs is 1. The van der Waals surface area contributed by atoms with Crippen LogP contribution >= 0.6 is 0 Å². The van der Waals surface area contributed by atoms with Crippen LogP contribution in [0.15, 0.2) is 35.4 Å². The van der Waals surface area contributed by atoms with Crippen LogP contribution < -0.4 is 11.3 Å². The first kappa shape index (κ1) is 15.1. The van der Waals surface area contributed by atoms with Gasteiger partial charge in [0.2, 0.25) is 13.5 Å². The Labute approximate surface area is 134 Å². The van der Waals surface area contributed by atoms with Crippen molar-refractivity contribution in [1.82, 2.24) is 19.2 Å². The minimum absolute atomic E-state index is 0.333. The van der Waals surface area contributed by atoms with Crippen LogP contribution in [0.1, 0.15) is 29.9 Å². The van der Waals surface area contributed by atoms with Gasteiger partial charge in [0.25, 0.3) is 0 Å². The summed E-state index contributed by atoms with van der Waals surface area (Å²) in [5.41, 5.74) is 7.31. The highest BCUT2D eigenvalue weighted by Gasteiger charge is 2.12. The molecule has 2 N–H and O–H groups in total. The first-order chi connectivity index (χ1) is 11.0. The van der Waals surface area contributed by atoms with Crippen LogP contribution in [0.4, 0.5) is 0 Å². The topological polar surface area (TPSA) is 78.7 Å². The van der Waals surface area contributed by atoms with Crippen molar-refractivity contribution in [2.24, 2.45) is 12.8 Å². The maximum Gasteiger partial charge on any atom is 0.249 e. The summed E-state index contributed by atoms with van der Waals surface area (Å²) in [7, 11) is 7.64. The fourth-order valence-corrected chi connectivity index (χ4v) is 2.31. The van der Waals surface area contributed by atoms with Crippen molar-refractivity contribution in [2.45, 2.75) is 13.0 Å². The summed E-state index contributed by atoms with van der Waals surface area (Å²) in [6.45, 7) is 1.73. The van der Waals surface area contributed by atoms with Gasteiger partial charge in [0.05, 0.1) is 28.7 Å². The smallest absolute Gasteiger partial charge is 0.249 e. The third-order valence-electron chi connectivity index (χ3n) is 3.41. The van der Waals surface area contributed by atoms with E-state index in [9.17, 15) is 4.79 Å². The van der Waals surface area contributed by atoms with Gasteiger partial charge in [-0.2, -0.15) is 5.10 Å². The van der Waals surface area contributed by atoms with Gasteiger partial charge in [-0.3, -0.25) is 9.48 Å². The lowest BCUT2D eigenvalue weighted by Gasteiger charge is -2.12. The Hall–Kier alpha value is -2.85. The van der Waals surface area contributed by atoms with Crippen LogP contribution in [0, 0.1) is 11.8 Å². The van der Waals surface area contributed by atoms with Gasteiger partial charge in [-0.15, -0.1) is 0 Å². The molecule has 0 saturated heterocycles. The summed E-state index contributed by atoms with van der Waals surface area (Å²) < 4.78 is 2.65. The van der Waals surface area contributed by atoms with Crippen molar-refractivity contribution in [2.75, 3.05) is 0 Å². The molecule has 0 saturated carbocycles. The number of nitrogens with two attached hydrogens (primary N) is 1. The van der Waals surface area contributed by atoms with Gasteiger partial charge in [0.15, 0.2) is 0 Å². The summed E-state index contributed by atoms with van der Waals surface area (Å²) in [6.07, 6.45) is 3.46. The maximum atomic E-state index is 12.5. The molecule has 3 rings (SSSR count). The molecule has 6 nitrogen and oxygen atoms in total. The zero-order valence-corrected chi connectivity index (χ0v) is 12.8. The molecule has 0 fully saturated rings. The molecule has 112 valence electrons. The van der Waals surface area contributed by atoms with Crippen molar-refractivity contribution < 1.29 is 0 Å². The molecule has 1 atom stereocenters. The molecular weight excluding hydrogens is 289 g/mol. The van der Waals surface area contributed by atoms with Crippen molar-refractivity contribution in [3.8, 4) is 11.8 Å². The number of hydrogen-bond donors (Lipinski definition) is 1. The molecule has 7 heteroatoms. The molecule has 2 radical (unpaired) electrons. The molecule has 0 unspecified atom stereocenters. The van der Waals surface area contributed by atoms with E-state index in [1.807, 2.05) is 7.05 Å². The fraction of sp³-hybridized carbons (Fsp3) is 0.188. The number of aryl methyl sites for hydroxylation is 1. The number of hydrogen-bond acceptors (Lipinski definition) is 4. The Balaban J connectivity index is 2.22. The van der Waals surface area contributed by atoms with E-state index in [1.54, 1.807) is 42.2 Å². The Bertz CT molecular complexity index is 1010. The van der Waals surface area contributed by atoms with E-state index < -0.39 is 6.04 Å². The maximum absolute atomic E-state index is 12.5. The largest absolute Gasteiger partial charge is 0.352 e. The van der Waals surface area contributed by atoms with Crippen LogP contribution in [0.2, 0.25) is 0 Å². The van der Waals surface area contributed by atoms with Gasteiger partial charge in [-0.05, 0) is 19.1 Å². The van der Waals surface area contributed by atoms with Gasteiger partial charge in [-0.1, -0.05) is 17.9 Å². The summed E-state index contributed by atoms with van der Waals surface area (Å²) >= 11 is 0. The molecule has 0 bridgehead atoms. The first-order valence-electron chi connectivity index (χ1n) is 7.04. The lowest BCUT2D eigenvalue weighted by molar-refractivity contribution is 0.722. The normalized spacial score (nSPS) is 12.0. The van der Waals surface area contributed by atoms with Crippen molar-refractivity contribution in [3.05, 3.63) is 57.9 Å². The summed E-state index contributed by atoms with van der Waals surface area (Å²) in [4.78, 5) is 16.9. The van der Waals surface area contributed by atoms with Crippen LogP contribution in [0.3, 0.4) is 0 Å². The van der Waals surface area contributed by atoms with Gasteiger partial charge in [0.1, 0.15) is 5.82 Å². The van der Waals surface area contributed by atoms with Gasteiger partial charge in [0, 0.05) is 18.8 Å². The van der Waals surface area contributed by atoms with Crippen LogP contribution in [-0.2, 0) is 7.05 Å². The van der Waals surface area contributed by atoms with E-state index in [4.69, 9.17) is 13.7 Å². The molecule has 2 heterocycles. The SMILES string of the molecule is [B]n1c([C@H](C)N)nc2cccc(C#Cc3cnn(C)c3)c2c1=O. The van der Waals surface area contributed by atoms with Gasteiger partial charge >= 0.3 is 0 Å². The van der Waals surface area contributed by atoms with Crippen LogP contribution in [0.25, 0.3) is 10.9 Å². The van der Waals surface area contributed by atoms with E-state index in [1.165, 1.54) is 0 Å². The number of aromatic nitrogens is 4. The van der Waals surface area contributed by atoms with E-state index in [0.717, 1.165) is 10.0 Å². The van der Waals surface area contributed by atoms with Gasteiger partial charge < -0.3 is 10.2 Å². The van der Waals surface area contributed by atoms with E-state index in [0.29, 0.717) is 22.3 Å². The third-order valence-corrected chi connectivity index (χ3v) is 3.41. The highest BCUT2D eigenvalue weighted by Crippen LogP contribution is 2.15. The van der Waals surface area contributed by atoms with Gasteiger partial charge in [-0.25, -0.2) is 4.98 Å². The average Bonchev–Trinajstić information content (AvgIpc) is 2.93. The molecule has 0 amide bonds. The number of benzene rings is 1.